The summed E-state index contributed by atoms with van der Waals surface area (Å²) in [6, 6.07) is 13.3. The number of nitrogens with zero attached hydrogens (tertiary/aromatic N) is 1. The summed E-state index contributed by atoms with van der Waals surface area (Å²) in [4.78, 5) is 2.66. The van der Waals surface area contributed by atoms with Crippen LogP contribution in [0.3, 0.4) is 0 Å². The van der Waals surface area contributed by atoms with Crippen molar-refractivity contribution in [3.05, 3.63) is 53.6 Å². The van der Waals surface area contributed by atoms with E-state index in [9.17, 15) is 8.42 Å². The van der Waals surface area contributed by atoms with Crippen LogP contribution in [0.1, 0.15) is 30.4 Å². The van der Waals surface area contributed by atoms with Crippen LogP contribution < -0.4 is 14.2 Å². The SMILES string of the molecule is COc1ccc(S(=O)(=O)NCCCCCN2CCc3ccccc3C2)cc1OC. The smallest absolute Gasteiger partial charge is 0.240 e. The Labute approximate surface area is 173 Å². The zero-order valence-corrected chi connectivity index (χ0v) is 18.0. The maximum atomic E-state index is 12.5. The molecule has 3 rings (SSSR count). The van der Waals surface area contributed by atoms with E-state index in [2.05, 4.69) is 33.9 Å². The van der Waals surface area contributed by atoms with Gasteiger partial charge in [0.25, 0.3) is 0 Å². The van der Waals surface area contributed by atoms with E-state index in [-0.39, 0.29) is 4.90 Å². The summed E-state index contributed by atoms with van der Waals surface area (Å²) in [5.74, 6) is 0.908. The van der Waals surface area contributed by atoms with Crippen LogP contribution in [0.15, 0.2) is 47.4 Å². The van der Waals surface area contributed by atoms with Gasteiger partial charge in [-0.25, -0.2) is 13.1 Å². The van der Waals surface area contributed by atoms with Crippen LogP contribution in [0.25, 0.3) is 0 Å². The molecule has 158 valence electrons. The molecule has 0 radical (unpaired) electrons. The summed E-state index contributed by atoms with van der Waals surface area (Å²) in [5.41, 5.74) is 2.90. The molecule has 0 atom stereocenters. The van der Waals surface area contributed by atoms with E-state index in [1.807, 2.05) is 0 Å². The Kier molecular flexibility index (Phi) is 7.52. The molecule has 0 saturated heterocycles. The minimum absolute atomic E-state index is 0.183. The fourth-order valence-electron chi connectivity index (χ4n) is 3.66. The molecule has 0 saturated carbocycles. The first-order valence-corrected chi connectivity index (χ1v) is 11.5. The lowest BCUT2D eigenvalue weighted by atomic mass is 10.00. The predicted octanol–water partition coefficient (Wildman–Crippen LogP) is 3.21. The van der Waals surface area contributed by atoms with Gasteiger partial charge in [-0.2, -0.15) is 0 Å². The molecule has 1 aliphatic rings. The molecule has 0 spiro atoms. The fourth-order valence-corrected chi connectivity index (χ4v) is 4.74. The number of fused-ring (bicyclic) bond motifs is 1. The maximum absolute atomic E-state index is 12.5. The molecule has 0 bridgehead atoms. The van der Waals surface area contributed by atoms with Gasteiger partial charge in [-0.3, -0.25) is 4.90 Å². The normalized spacial score (nSPS) is 14.4. The van der Waals surface area contributed by atoms with E-state index in [0.29, 0.717) is 18.0 Å². The molecule has 1 heterocycles. The van der Waals surface area contributed by atoms with E-state index in [4.69, 9.17) is 9.47 Å². The molecular weight excluding hydrogens is 388 g/mol. The molecule has 1 aliphatic heterocycles. The van der Waals surface area contributed by atoms with E-state index >= 15 is 0 Å². The van der Waals surface area contributed by atoms with Gasteiger partial charge in [0.05, 0.1) is 19.1 Å². The predicted molar refractivity (Wildman–Crippen MR) is 114 cm³/mol. The van der Waals surface area contributed by atoms with E-state index in [1.54, 1.807) is 6.07 Å². The molecule has 7 heteroatoms. The molecule has 0 fully saturated rings. The molecule has 2 aromatic carbocycles. The van der Waals surface area contributed by atoms with Crippen molar-refractivity contribution in [2.45, 2.75) is 37.1 Å². The Morgan fingerprint density at radius 3 is 2.48 bits per heavy atom. The number of hydrogen-bond acceptors (Lipinski definition) is 5. The van der Waals surface area contributed by atoms with Crippen molar-refractivity contribution < 1.29 is 17.9 Å². The number of hydrogen-bond donors (Lipinski definition) is 1. The van der Waals surface area contributed by atoms with Gasteiger partial charge >= 0.3 is 0 Å². The third-order valence-corrected chi connectivity index (χ3v) is 6.78. The molecule has 0 aromatic heterocycles. The standard InChI is InChI=1S/C22H30N2O4S/c1-27-21-11-10-20(16-22(21)28-2)29(25,26)23-13-6-3-7-14-24-15-12-18-8-4-5-9-19(18)17-24/h4-5,8-11,16,23H,3,6-7,12-15,17H2,1-2H3. The second-order valence-corrected chi connectivity index (χ2v) is 9.04. The number of sulfonamides is 1. The van der Waals surface area contributed by atoms with Crippen molar-refractivity contribution in [1.82, 2.24) is 9.62 Å². The van der Waals surface area contributed by atoms with E-state index in [1.165, 1.54) is 37.5 Å². The highest BCUT2D eigenvalue weighted by Gasteiger charge is 2.17. The van der Waals surface area contributed by atoms with Crippen molar-refractivity contribution in [3.63, 3.8) is 0 Å². The minimum Gasteiger partial charge on any atom is -0.493 e. The quantitative estimate of drug-likeness (QED) is 0.600. The first-order valence-electron chi connectivity index (χ1n) is 10.0. The molecular formula is C22H30N2O4S. The van der Waals surface area contributed by atoms with Gasteiger partial charge in [-0.1, -0.05) is 30.7 Å². The van der Waals surface area contributed by atoms with E-state index < -0.39 is 10.0 Å². The van der Waals surface area contributed by atoms with Gasteiger partial charge < -0.3 is 9.47 Å². The number of nitrogens with one attached hydrogen (secondary N) is 1. The van der Waals surface area contributed by atoms with Gasteiger partial charge in [-0.15, -0.1) is 0 Å². The number of benzene rings is 2. The van der Waals surface area contributed by atoms with Gasteiger partial charge in [0.2, 0.25) is 10.0 Å². The van der Waals surface area contributed by atoms with Gasteiger partial charge in [0.15, 0.2) is 11.5 Å². The molecule has 0 unspecified atom stereocenters. The lowest BCUT2D eigenvalue weighted by Crippen LogP contribution is -2.31. The Morgan fingerprint density at radius 2 is 1.72 bits per heavy atom. The van der Waals surface area contributed by atoms with Crippen molar-refractivity contribution >= 4 is 10.0 Å². The van der Waals surface area contributed by atoms with Gasteiger partial charge in [0, 0.05) is 25.7 Å². The van der Waals surface area contributed by atoms with Crippen LogP contribution in [0.5, 0.6) is 11.5 Å². The maximum Gasteiger partial charge on any atom is 0.240 e. The summed E-state index contributed by atoms with van der Waals surface area (Å²) in [7, 11) is -0.545. The minimum atomic E-state index is -3.55. The van der Waals surface area contributed by atoms with Crippen molar-refractivity contribution in [2.24, 2.45) is 0 Å². The Hall–Kier alpha value is -2.09. The number of unbranched alkanes of at least 4 members (excludes halogenated alkanes) is 2. The van der Waals surface area contributed by atoms with Crippen molar-refractivity contribution in [3.8, 4) is 11.5 Å². The first-order chi connectivity index (χ1) is 14.0. The number of methoxy groups -OCH3 is 2. The van der Waals surface area contributed by atoms with Gasteiger partial charge in [-0.05, 0) is 49.1 Å². The second kappa shape index (κ2) is 10.1. The first kappa shape index (κ1) is 21.6. The topological polar surface area (TPSA) is 67.9 Å². The molecule has 29 heavy (non-hydrogen) atoms. The average Bonchev–Trinajstić information content (AvgIpc) is 2.75. The zero-order chi connectivity index (χ0) is 20.7. The summed E-state index contributed by atoms with van der Waals surface area (Å²) in [6.07, 6.45) is 3.99. The monoisotopic (exact) mass is 418 g/mol. The van der Waals surface area contributed by atoms with Crippen LogP contribution >= 0.6 is 0 Å². The summed E-state index contributed by atoms with van der Waals surface area (Å²) in [6.45, 7) is 3.60. The molecule has 2 aromatic rings. The lowest BCUT2D eigenvalue weighted by Gasteiger charge is -2.28. The number of rotatable bonds is 10. The second-order valence-electron chi connectivity index (χ2n) is 7.27. The summed E-state index contributed by atoms with van der Waals surface area (Å²) in [5, 5.41) is 0. The van der Waals surface area contributed by atoms with Crippen molar-refractivity contribution in [2.75, 3.05) is 33.9 Å². The van der Waals surface area contributed by atoms with Crippen LogP contribution in [-0.2, 0) is 23.0 Å². The largest absolute Gasteiger partial charge is 0.493 e. The highest BCUT2D eigenvalue weighted by Crippen LogP contribution is 2.29. The van der Waals surface area contributed by atoms with Crippen LogP contribution in [0, 0.1) is 0 Å². The summed E-state index contributed by atoms with van der Waals surface area (Å²) >= 11 is 0. The zero-order valence-electron chi connectivity index (χ0n) is 17.2. The molecule has 0 amide bonds. The highest BCUT2D eigenvalue weighted by atomic mass is 32.2. The Balaban J connectivity index is 1.39. The Bertz CT molecular complexity index is 915. The fraction of sp³-hybridized carbons (Fsp3) is 0.455. The third kappa shape index (κ3) is 5.72. The van der Waals surface area contributed by atoms with E-state index in [0.717, 1.165) is 45.3 Å². The molecule has 6 nitrogen and oxygen atoms in total. The van der Waals surface area contributed by atoms with Crippen LogP contribution in [0.2, 0.25) is 0 Å². The van der Waals surface area contributed by atoms with Crippen LogP contribution in [-0.4, -0.2) is 47.2 Å². The Morgan fingerprint density at radius 1 is 0.966 bits per heavy atom. The lowest BCUT2D eigenvalue weighted by molar-refractivity contribution is 0.248. The van der Waals surface area contributed by atoms with Crippen LogP contribution in [0.4, 0.5) is 0 Å². The summed E-state index contributed by atoms with van der Waals surface area (Å²) < 4.78 is 38.0. The van der Waals surface area contributed by atoms with Gasteiger partial charge in [0.1, 0.15) is 0 Å². The number of ether oxygens (including phenoxy) is 2. The van der Waals surface area contributed by atoms with Crippen molar-refractivity contribution in [1.29, 1.82) is 0 Å². The average molecular weight is 419 g/mol. The highest BCUT2D eigenvalue weighted by molar-refractivity contribution is 7.89. The molecule has 1 N–H and O–H groups in total. The molecule has 0 aliphatic carbocycles. The third-order valence-electron chi connectivity index (χ3n) is 5.32.